The highest BCUT2D eigenvalue weighted by atomic mass is 16.5. The van der Waals surface area contributed by atoms with Crippen molar-refractivity contribution < 1.29 is 9.53 Å². The fourth-order valence-electron chi connectivity index (χ4n) is 3.66. The average molecular weight is 326 g/mol. The molecule has 6 heteroatoms. The second kappa shape index (κ2) is 6.37. The van der Waals surface area contributed by atoms with Crippen molar-refractivity contribution in [1.82, 2.24) is 20.4 Å². The minimum absolute atomic E-state index is 0.0147. The van der Waals surface area contributed by atoms with Crippen LogP contribution in [0.2, 0.25) is 0 Å². The summed E-state index contributed by atoms with van der Waals surface area (Å²) in [5.41, 5.74) is 2.65. The number of hydrogen-bond donors (Lipinski definition) is 2. The van der Waals surface area contributed by atoms with E-state index in [9.17, 15) is 4.79 Å². The molecule has 1 amide bonds. The third-order valence-corrected chi connectivity index (χ3v) is 4.88. The van der Waals surface area contributed by atoms with Crippen molar-refractivity contribution in [2.75, 3.05) is 19.7 Å². The Kier molecular flexibility index (Phi) is 4.08. The van der Waals surface area contributed by atoms with E-state index in [1.54, 1.807) is 6.20 Å². The largest absolute Gasteiger partial charge is 0.376 e. The first-order chi connectivity index (χ1) is 11.7. The van der Waals surface area contributed by atoms with Gasteiger partial charge in [-0.05, 0) is 31.0 Å². The van der Waals surface area contributed by atoms with Gasteiger partial charge in [-0.3, -0.25) is 14.8 Å². The van der Waals surface area contributed by atoms with Crippen molar-refractivity contribution in [1.29, 1.82) is 0 Å². The summed E-state index contributed by atoms with van der Waals surface area (Å²) in [6, 6.07) is 8.28. The van der Waals surface area contributed by atoms with E-state index in [2.05, 4.69) is 27.3 Å². The molecular weight excluding hydrogens is 304 g/mol. The molecule has 3 atom stereocenters. The van der Waals surface area contributed by atoms with Crippen molar-refractivity contribution in [3.05, 3.63) is 42.2 Å². The maximum Gasteiger partial charge on any atom is 0.251 e. The Hall–Kier alpha value is -2.18. The number of aromatic amines is 1. The number of carbonyl (C=O) groups excluding carboxylic acids is 1. The van der Waals surface area contributed by atoms with Crippen LogP contribution in [-0.2, 0) is 4.74 Å². The summed E-state index contributed by atoms with van der Waals surface area (Å²) in [6.07, 6.45) is 4.82. The number of fused-ring (bicyclic) bond motifs is 1. The number of ether oxygens (including phenoxy) is 1. The second-order valence-electron chi connectivity index (χ2n) is 6.73. The standard InChI is InChI=1S/C18H22N4O2/c1-12-9-22-10-16(6-17(22)11-24-12)21-18(23)14-4-2-3-13(5-14)15-7-19-20-8-15/h2-5,7-8,12,16-17H,6,9-11H2,1H3,(H,19,20)(H,21,23)/t12-,16+,17+/m1/s1. The van der Waals surface area contributed by atoms with E-state index in [1.165, 1.54) is 0 Å². The van der Waals surface area contributed by atoms with Crippen LogP contribution in [0.5, 0.6) is 0 Å². The predicted molar refractivity (Wildman–Crippen MR) is 90.7 cm³/mol. The molecule has 0 spiro atoms. The molecule has 0 bridgehead atoms. The summed E-state index contributed by atoms with van der Waals surface area (Å²) >= 11 is 0. The van der Waals surface area contributed by atoms with Gasteiger partial charge < -0.3 is 10.1 Å². The van der Waals surface area contributed by atoms with Crippen LogP contribution in [0.4, 0.5) is 0 Å². The van der Waals surface area contributed by atoms with Crippen LogP contribution < -0.4 is 5.32 Å². The van der Waals surface area contributed by atoms with E-state index < -0.39 is 0 Å². The Morgan fingerprint density at radius 3 is 3.12 bits per heavy atom. The van der Waals surface area contributed by atoms with Gasteiger partial charge in [0.25, 0.3) is 5.91 Å². The molecule has 0 saturated carbocycles. The van der Waals surface area contributed by atoms with Gasteiger partial charge in [0.05, 0.1) is 18.9 Å². The van der Waals surface area contributed by atoms with Crippen molar-refractivity contribution >= 4 is 5.91 Å². The Labute approximate surface area is 141 Å². The molecule has 2 N–H and O–H groups in total. The number of hydrogen-bond acceptors (Lipinski definition) is 4. The third kappa shape index (κ3) is 3.07. The van der Waals surface area contributed by atoms with Crippen LogP contribution >= 0.6 is 0 Å². The molecule has 4 rings (SSSR count). The smallest absolute Gasteiger partial charge is 0.251 e. The van der Waals surface area contributed by atoms with Gasteiger partial charge in [0.1, 0.15) is 0 Å². The van der Waals surface area contributed by atoms with E-state index in [1.807, 2.05) is 30.5 Å². The average Bonchev–Trinajstić information content (AvgIpc) is 3.23. The second-order valence-corrected chi connectivity index (χ2v) is 6.73. The highest BCUT2D eigenvalue weighted by molar-refractivity contribution is 5.95. The lowest BCUT2D eigenvalue weighted by molar-refractivity contribution is -0.0390. The zero-order valence-corrected chi connectivity index (χ0v) is 13.7. The van der Waals surface area contributed by atoms with Crippen LogP contribution in [0.1, 0.15) is 23.7 Å². The molecule has 2 aliphatic heterocycles. The predicted octanol–water partition coefficient (Wildman–Crippen LogP) is 1.67. The summed E-state index contributed by atoms with van der Waals surface area (Å²) in [4.78, 5) is 15.0. The van der Waals surface area contributed by atoms with Crippen LogP contribution in [0.25, 0.3) is 11.1 Å². The Morgan fingerprint density at radius 2 is 2.29 bits per heavy atom. The van der Waals surface area contributed by atoms with E-state index in [-0.39, 0.29) is 18.1 Å². The lowest BCUT2D eigenvalue weighted by Crippen LogP contribution is -2.45. The molecule has 0 unspecified atom stereocenters. The molecule has 3 heterocycles. The summed E-state index contributed by atoms with van der Waals surface area (Å²) in [7, 11) is 0. The maximum absolute atomic E-state index is 12.6. The SMILES string of the molecule is C[C@@H]1CN2C[C@@H](NC(=O)c3cccc(-c4cn[nH]c4)c3)C[C@H]2CO1. The molecule has 126 valence electrons. The highest BCUT2D eigenvalue weighted by Crippen LogP contribution is 2.24. The van der Waals surface area contributed by atoms with Crippen LogP contribution in [-0.4, -0.2) is 58.9 Å². The quantitative estimate of drug-likeness (QED) is 0.900. The number of morpholine rings is 1. The number of aromatic nitrogens is 2. The molecule has 1 aromatic carbocycles. The van der Waals surface area contributed by atoms with Gasteiger partial charge in [0.15, 0.2) is 0 Å². The Bertz CT molecular complexity index is 716. The number of amides is 1. The van der Waals surface area contributed by atoms with Gasteiger partial charge in [-0.1, -0.05) is 12.1 Å². The number of benzene rings is 1. The number of H-pyrrole nitrogens is 1. The topological polar surface area (TPSA) is 70.2 Å². The molecule has 1 aromatic heterocycles. The minimum Gasteiger partial charge on any atom is -0.376 e. The monoisotopic (exact) mass is 326 g/mol. The van der Waals surface area contributed by atoms with E-state index in [0.29, 0.717) is 11.6 Å². The lowest BCUT2D eigenvalue weighted by atomic mass is 10.1. The van der Waals surface area contributed by atoms with E-state index in [0.717, 1.165) is 37.2 Å². The molecule has 24 heavy (non-hydrogen) atoms. The molecule has 0 aliphatic carbocycles. The fourth-order valence-corrected chi connectivity index (χ4v) is 3.66. The minimum atomic E-state index is -0.0147. The maximum atomic E-state index is 12.6. The molecule has 6 nitrogen and oxygen atoms in total. The normalized spacial score (nSPS) is 27.0. The summed E-state index contributed by atoms with van der Waals surface area (Å²) in [6.45, 7) is 4.73. The van der Waals surface area contributed by atoms with Gasteiger partial charge in [-0.2, -0.15) is 5.10 Å². The van der Waals surface area contributed by atoms with Gasteiger partial charge in [0, 0.05) is 42.5 Å². The van der Waals surface area contributed by atoms with Crippen molar-refractivity contribution in [3.8, 4) is 11.1 Å². The van der Waals surface area contributed by atoms with E-state index in [4.69, 9.17) is 4.74 Å². The van der Waals surface area contributed by atoms with Gasteiger partial charge in [-0.25, -0.2) is 0 Å². The molecular formula is C18H22N4O2. The van der Waals surface area contributed by atoms with Crippen LogP contribution in [0.3, 0.4) is 0 Å². The van der Waals surface area contributed by atoms with E-state index >= 15 is 0 Å². The van der Waals surface area contributed by atoms with Crippen LogP contribution in [0, 0.1) is 0 Å². The highest BCUT2D eigenvalue weighted by Gasteiger charge is 2.36. The van der Waals surface area contributed by atoms with Crippen molar-refractivity contribution in [2.24, 2.45) is 0 Å². The molecule has 2 aromatic rings. The first-order valence-electron chi connectivity index (χ1n) is 8.45. The number of nitrogens with zero attached hydrogens (tertiary/aromatic N) is 2. The Balaban J connectivity index is 1.43. The molecule has 0 radical (unpaired) electrons. The number of carbonyl (C=O) groups is 1. The Morgan fingerprint density at radius 1 is 1.38 bits per heavy atom. The number of rotatable bonds is 3. The third-order valence-electron chi connectivity index (χ3n) is 4.88. The zero-order chi connectivity index (χ0) is 16.5. The summed E-state index contributed by atoms with van der Waals surface area (Å²) in [5.74, 6) is -0.0147. The van der Waals surface area contributed by atoms with Gasteiger partial charge >= 0.3 is 0 Å². The zero-order valence-electron chi connectivity index (χ0n) is 13.7. The molecule has 2 aliphatic rings. The van der Waals surface area contributed by atoms with Crippen LogP contribution in [0.15, 0.2) is 36.7 Å². The first-order valence-corrected chi connectivity index (χ1v) is 8.45. The molecule has 2 saturated heterocycles. The summed E-state index contributed by atoms with van der Waals surface area (Å²) < 4.78 is 5.72. The van der Waals surface area contributed by atoms with Crippen molar-refractivity contribution in [2.45, 2.75) is 31.5 Å². The lowest BCUT2D eigenvalue weighted by Gasteiger charge is -2.33. The molecule has 2 fully saturated rings. The fraction of sp³-hybridized carbons (Fsp3) is 0.444. The van der Waals surface area contributed by atoms with Crippen molar-refractivity contribution in [3.63, 3.8) is 0 Å². The number of nitrogens with one attached hydrogen (secondary N) is 2. The van der Waals surface area contributed by atoms with Gasteiger partial charge in [-0.15, -0.1) is 0 Å². The summed E-state index contributed by atoms with van der Waals surface area (Å²) in [5, 5.41) is 9.94. The first kappa shape index (κ1) is 15.4. The van der Waals surface area contributed by atoms with Gasteiger partial charge in [0.2, 0.25) is 0 Å².